The molecular weight excluding hydrogens is 234 g/mol. The lowest BCUT2D eigenvalue weighted by molar-refractivity contribution is 0.191. The van der Waals surface area contributed by atoms with Crippen LogP contribution in [0.1, 0.15) is 17.3 Å². The zero-order valence-electron chi connectivity index (χ0n) is 11.0. The van der Waals surface area contributed by atoms with Gasteiger partial charge in [0.2, 0.25) is 0 Å². The minimum atomic E-state index is 0.346. The highest BCUT2D eigenvalue weighted by molar-refractivity contribution is 5.15. The maximum Gasteiger partial charge on any atom is 0.0624 e. The third-order valence-corrected chi connectivity index (χ3v) is 3.55. The molecular formula is C16H19N3. The number of hydrogen-bond acceptors (Lipinski definition) is 3. The molecule has 1 unspecified atom stereocenters. The molecule has 1 aliphatic heterocycles. The zero-order chi connectivity index (χ0) is 12.9. The number of pyridine rings is 1. The van der Waals surface area contributed by atoms with Gasteiger partial charge in [0.05, 0.1) is 11.7 Å². The second kappa shape index (κ2) is 5.95. The van der Waals surface area contributed by atoms with Crippen molar-refractivity contribution in [3.05, 3.63) is 66.0 Å². The van der Waals surface area contributed by atoms with Gasteiger partial charge in [-0.05, 0) is 17.7 Å². The van der Waals surface area contributed by atoms with Crippen molar-refractivity contribution in [2.45, 2.75) is 12.6 Å². The quantitative estimate of drug-likeness (QED) is 0.909. The van der Waals surface area contributed by atoms with Crippen LogP contribution in [-0.2, 0) is 6.54 Å². The van der Waals surface area contributed by atoms with Crippen LogP contribution < -0.4 is 5.32 Å². The molecule has 1 N–H and O–H groups in total. The van der Waals surface area contributed by atoms with Crippen LogP contribution in [-0.4, -0.2) is 29.5 Å². The monoisotopic (exact) mass is 253 g/mol. The average Bonchev–Trinajstić information content (AvgIpc) is 2.49. The second-order valence-corrected chi connectivity index (χ2v) is 4.98. The van der Waals surface area contributed by atoms with E-state index in [4.69, 9.17) is 0 Å². The normalized spacial score (nSPS) is 20.3. The molecule has 1 fully saturated rings. The summed E-state index contributed by atoms with van der Waals surface area (Å²) in [4.78, 5) is 6.95. The fourth-order valence-electron chi connectivity index (χ4n) is 2.58. The van der Waals surface area contributed by atoms with Gasteiger partial charge in [-0.25, -0.2) is 0 Å². The second-order valence-electron chi connectivity index (χ2n) is 4.98. The molecule has 0 saturated carbocycles. The molecule has 0 bridgehead atoms. The largest absolute Gasteiger partial charge is 0.306 e. The van der Waals surface area contributed by atoms with Crippen molar-refractivity contribution in [3.8, 4) is 0 Å². The van der Waals surface area contributed by atoms with E-state index in [0.29, 0.717) is 6.04 Å². The van der Waals surface area contributed by atoms with Gasteiger partial charge in [-0.2, -0.15) is 0 Å². The minimum Gasteiger partial charge on any atom is -0.306 e. The molecule has 1 aromatic heterocycles. The van der Waals surface area contributed by atoms with Crippen molar-refractivity contribution in [3.63, 3.8) is 0 Å². The van der Waals surface area contributed by atoms with Gasteiger partial charge in [-0.15, -0.1) is 0 Å². The van der Waals surface area contributed by atoms with E-state index in [9.17, 15) is 0 Å². The number of benzene rings is 1. The summed E-state index contributed by atoms with van der Waals surface area (Å²) >= 11 is 0. The Bertz CT molecular complexity index is 498. The Balaban J connectivity index is 1.65. The number of nitrogens with one attached hydrogen (secondary N) is 1. The third-order valence-electron chi connectivity index (χ3n) is 3.55. The topological polar surface area (TPSA) is 28.2 Å². The first-order valence-corrected chi connectivity index (χ1v) is 6.82. The molecule has 3 nitrogen and oxygen atoms in total. The smallest absolute Gasteiger partial charge is 0.0624 e. The van der Waals surface area contributed by atoms with Crippen molar-refractivity contribution in [2.75, 3.05) is 19.6 Å². The van der Waals surface area contributed by atoms with Crippen molar-refractivity contribution in [1.82, 2.24) is 15.2 Å². The molecule has 19 heavy (non-hydrogen) atoms. The number of rotatable bonds is 3. The Morgan fingerprint density at radius 1 is 1.11 bits per heavy atom. The van der Waals surface area contributed by atoms with Crippen LogP contribution in [0.4, 0.5) is 0 Å². The molecule has 3 heteroatoms. The molecule has 1 aliphatic rings. The number of hydrogen-bond donors (Lipinski definition) is 1. The molecule has 0 radical (unpaired) electrons. The van der Waals surface area contributed by atoms with Crippen LogP contribution in [0, 0.1) is 0 Å². The first-order chi connectivity index (χ1) is 9.42. The number of aromatic nitrogens is 1. The first kappa shape index (κ1) is 12.3. The van der Waals surface area contributed by atoms with E-state index >= 15 is 0 Å². The van der Waals surface area contributed by atoms with Crippen molar-refractivity contribution < 1.29 is 0 Å². The Morgan fingerprint density at radius 2 is 1.95 bits per heavy atom. The molecule has 2 heterocycles. The van der Waals surface area contributed by atoms with Crippen molar-refractivity contribution in [2.24, 2.45) is 0 Å². The van der Waals surface area contributed by atoms with Crippen LogP contribution in [0.3, 0.4) is 0 Å². The van der Waals surface area contributed by atoms with Gasteiger partial charge in [-0.1, -0.05) is 36.4 Å². The summed E-state index contributed by atoms with van der Waals surface area (Å²) < 4.78 is 0. The van der Waals surface area contributed by atoms with E-state index < -0.39 is 0 Å². The predicted molar refractivity (Wildman–Crippen MR) is 76.7 cm³/mol. The summed E-state index contributed by atoms with van der Waals surface area (Å²) in [5.74, 6) is 0. The van der Waals surface area contributed by atoms with E-state index in [1.54, 1.807) is 0 Å². The minimum absolute atomic E-state index is 0.346. The molecule has 3 rings (SSSR count). The average molecular weight is 253 g/mol. The standard InChI is InChI=1S/C16H19N3/c1-2-6-14(7-3-1)12-19-11-10-18-16(13-19)15-8-4-5-9-17-15/h1-9,16,18H,10-13H2. The molecule has 98 valence electrons. The molecule has 1 atom stereocenters. The SMILES string of the molecule is c1ccc(CN2CCNC(c3ccccn3)C2)cc1. The van der Waals surface area contributed by atoms with E-state index in [-0.39, 0.29) is 0 Å². The lowest BCUT2D eigenvalue weighted by atomic mass is 10.1. The van der Waals surface area contributed by atoms with Crippen LogP contribution in [0.2, 0.25) is 0 Å². The zero-order valence-corrected chi connectivity index (χ0v) is 11.0. The fraction of sp³-hybridized carbons (Fsp3) is 0.312. The van der Waals surface area contributed by atoms with Crippen LogP contribution >= 0.6 is 0 Å². The maximum absolute atomic E-state index is 4.45. The fourth-order valence-corrected chi connectivity index (χ4v) is 2.58. The Labute approximate surface area is 114 Å². The highest BCUT2D eigenvalue weighted by Crippen LogP contribution is 2.16. The Morgan fingerprint density at radius 3 is 2.74 bits per heavy atom. The van der Waals surface area contributed by atoms with Crippen molar-refractivity contribution >= 4 is 0 Å². The molecule has 0 spiro atoms. The highest BCUT2D eigenvalue weighted by atomic mass is 15.2. The Hall–Kier alpha value is -1.71. The molecule has 1 saturated heterocycles. The summed E-state index contributed by atoms with van der Waals surface area (Å²) in [6, 6.07) is 17.1. The summed E-state index contributed by atoms with van der Waals surface area (Å²) in [6.07, 6.45) is 1.87. The maximum atomic E-state index is 4.45. The van der Waals surface area contributed by atoms with E-state index in [2.05, 4.69) is 57.7 Å². The molecule has 1 aromatic carbocycles. The lowest BCUT2D eigenvalue weighted by Gasteiger charge is -2.33. The van der Waals surface area contributed by atoms with Gasteiger partial charge >= 0.3 is 0 Å². The van der Waals surface area contributed by atoms with E-state index in [1.165, 1.54) is 5.56 Å². The molecule has 0 aliphatic carbocycles. The lowest BCUT2D eigenvalue weighted by Crippen LogP contribution is -2.45. The summed E-state index contributed by atoms with van der Waals surface area (Å²) in [5.41, 5.74) is 2.52. The van der Waals surface area contributed by atoms with Crippen molar-refractivity contribution in [1.29, 1.82) is 0 Å². The summed E-state index contributed by atoms with van der Waals surface area (Å²) in [6.45, 7) is 4.16. The highest BCUT2D eigenvalue weighted by Gasteiger charge is 2.21. The summed E-state index contributed by atoms with van der Waals surface area (Å²) in [5, 5.41) is 3.55. The van der Waals surface area contributed by atoms with Crippen LogP contribution in [0.5, 0.6) is 0 Å². The number of piperazine rings is 1. The van der Waals surface area contributed by atoms with Gasteiger partial charge in [0.1, 0.15) is 0 Å². The number of nitrogens with zero attached hydrogens (tertiary/aromatic N) is 2. The molecule has 2 aromatic rings. The van der Waals surface area contributed by atoms with Gasteiger partial charge in [0, 0.05) is 32.4 Å². The summed E-state index contributed by atoms with van der Waals surface area (Å²) in [7, 11) is 0. The van der Waals surface area contributed by atoms with Crippen LogP contribution in [0.15, 0.2) is 54.7 Å². The van der Waals surface area contributed by atoms with Gasteiger partial charge < -0.3 is 5.32 Å². The van der Waals surface area contributed by atoms with Gasteiger partial charge in [0.15, 0.2) is 0 Å². The predicted octanol–water partition coefficient (Wildman–Crippen LogP) is 2.23. The van der Waals surface area contributed by atoms with Gasteiger partial charge in [-0.3, -0.25) is 9.88 Å². The third kappa shape index (κ3) is 3.19. The molecule has 0 amide bonds. The van der Waals surface area contributed by atoms with Crippen LogP contribution in [0.25, 0.3) is 0 Å². The first-order valence-electron chi connectivity index (χ1n) is 6.82. The Kier molecular flexibility index (Phi) is 3.86. The van der Waals surface area contributed by atoms with Gasteiger partial charge in [0.25, 0.3) is 0 Å². The van der Waals surface area contributed by atoms with E-state index in [0.717, 1.165) is 31.9 Å². The van der Waals surface area contributed by atoms with E-state index in [1.807, 2.05) is 12.3 Å².